The summed E-state index contributed by atoms with van der Waals surface area (Å²) in [6.45, 7) is 3.70. The highest BCUT2D eigenvalue weighted by molar-refractivity contribution is 5.73. The lowest BCUT2D eigenvalue weighted by Crippen LogP contribution is -2.28. The molecule has 1 aromatic heterocycles. The van der Waals surface area contributed by atoms with Crippen molar-refractivity contribution in [2.75, 3.05) is 29.4 Å². The van der Waals surface area contributed by atoms with Crippen molar-refractivity contribution in [2.24, 2.45) is 0 Å². The van der Waals surface area contributed by atoms with E-state index < -0.39 is 5.97 Å². The number of carbonyl (C=O) groups excluding carboxylic acids is 1. The monoisotopic (exact) mass is 269 g/mol. The van der Waals surface area contributed by atoms with E-state index in [2.05, 4.69) is 10.3 Å². The summed E-state index contributed by atoms with van der Waals surface area (Å²) in [7, 11) is 0. The molecule has 2 rings (SSSR count). The molecule has 0 aliphatic carbocycles. The van der Waals surface area contributed by atoms with E-state index in [9.17, 15) is 9.59 Å². The van der Waals surface area contributed by atoms with Crippen molar-refractivity contribution in [2.45, 2.75) is 20.6 Å². The fraction of sp³-hybridized carbons (Fsp3) is 0.500. The summed E-state index contributed by atoms with van der Waals surface area (Å²) in [6, 6.07) is 0. The Balaban J connectivity index is 2.37. The Morgan fingerprint density at radius 3 is 2.95 bits per heavy atom. The highest BCUT2D eigenvalue weighted by atomic mass is 16.7. The Morgan fingerprint density at radius 2 is 2.32 bits per heavy atom. The third-order valence-corrected chi connectivity index (χ3v) is 2.48. The van der Waals surface area contributed by atoms with Crippen LogP contribution in [0.15, 0.2) is 4.79 Å². The number of hydrogen-bond acceptors (Lipinski definition) is 8. The van der Waals surface area contributed by atoms with E-state index in [-0.39, 0.29) is 36.4 Å². The number of nitrogens with zero attached hydrogens (tertiary/aromatic N) is 3. The maximum Gasteiger partial charge on any atom is 0.329 e. The number of hydroxylamine groups is 1. The van der Waals surface area contributed by atoms with Gasteiger partial charge in [0, 0.05) is 13.5 Å². The van der Waals surface area contributed by atoms with Crippen molar-refractivity contribution in [1.82, 2.24) is 9.55 Å². The Kier molecular flexibility index (Phi) is 3.56. The third kappa shape index (κ3) is 2.45. The van der Waals surface area contributed by atoms with Crippen molar-refractivity contribution in [3.63, 3.8) is 0 Å². The molecule has 0 saturated heterocycles. The summed E-state index contributed by atoms with van der Waals surface area (Å²) < 4.78 is 6.35. The molecule has 2 heterocycles. The molecule has 0 amide bonds. The maximum absolute atomic E-state index is 12.2. The number of hydrogen-bond donors (Lipinski definition) is 2. The number of carbonyl (C=O) groups is 1. The van der Waals surface area contributed by atoms with Gasteiger partial charge in [-0.05, 0) is 6.92 Å². The smallest absolute Gasteiger partial charge is 0.329 e. The van der Waals surface area contributed by atoms with Gasteiger partial charge in [-0.25, -0.2) is 0 Å². The second-order valence-corrected chi connectivity index (χ2v) is 3.82. The first-order chi connectivity index (χ1) is 9.04. The topological polar surface area (TPSA) is 112 Å². The molecule has 0 bridgehead atoms. The van der Waals surface area contributed by atoms with Gasteiger partial charge in [0.2, 0.25) is 5.95 Å². The summed E-state index contributed by atoms with van der Waals surface area (Å²) in [4.78, 5) is 32.0. The number of rotatable bonds is 4. The molecule has 0 unspecified atom stereocenters. The second-order valence-electron chi connectivity index (χ2n) is 3.82. The highest BCUT2D eigenvalue weighted by Crippen LogP contribution is 2.26. The van der Waals surface area contributed by atoms with Crippen LogP contribution in [0, 0.1) is 0 Å². The zero-order chi connectivity index (χ0) is 14.0. The molecule has 1 aliphatic heterocycles. The van der Waals surface area contributed by atoms with Crippen LogP contribution in [0.25, 0.3) is 0 Å². The van der Waals surface area contributed by atoms with Gasteiger partial charge in [-0.15, -0.1) is 0 Å². The minimum Gasteiger partial charge on any atom is -0.369 e. The van der Waals surface area contributed by atoms with Crippen molar-refractivity contribution >= 4 is 23.4 Å². The van der Waals surface area contributed by atoms with E-state index in [1.54, 1.807) is 0 Å². The zero-order valence-corrected chi connectivity index (χ0v) is 10.7. The van der Waals surface area contributed by atoms with E-state index in [4.69, 9.17) is 15.3 Å². The van der Waals surface area contributed by atoms with E-state index in [1.165, 1.54) is 16.6 Å². The van der Waals surface area contributed by atoms with Crippen LogP contribution in [-0.4, -0.2) is 28.8 Å². The highest BCUT2D eigenvalue weighted by Gasteiger charge is 2.28. The standard InChI is InChI=1S/C10H15N5O4/c1-3-18-5-14-9(17)7-8(13-10(14)11)15(4-12-7)19-6(2)16/h12H,3-5H2,1-2H3,(H2,11,13). The maximum atomic E-state index is 12.2. The van der Waals surface area contributed by atoms with Gasteiger partial charge in [0.1, 0.15) is 19.1 Å². The molecule has 0 saturated carbocycles. The SMILES string of the molecule is CCOCn1c(N)nc2c(c1=O)NCN2OC(C)=O. The van der Waals surface area contributed by atoms with Gasteiger partial charge in [-0.3, -0.25) is 14.2 Å². The molecule has 19 heavy (non-hydrogen) atoms. The molecule has 0 atom stereocenters. The van der Waals surface area contributed by atoms with Gasteiger partial charge >= 0.3 is 5.97 Å². The largest absolute Gasteiger partial charge is 0.369 e. The van der Waals surface area contributed by atoms with Crippen LogP contribution in [0.4, 0.5) is 17.5 Å². The normalized spacial score (nSPS) is 13.1. The lowest BCUT2D eigenvalue weighted by atomic mass is 10.5. The number of nitrogens with one attached hydrogen (secondary N) is 1. The Hall–Kier alpha value is -2.29. The quantitative estimate of drug-likeness (QED) is 0.751. The summed E-state index contributed by atoms with van der Waals surface area (Å²) >= 11 is 0. The molecule has 9 nitrogen and oxygen atoms in total. The van der Waals surface area contributed by atoms with Crippen LogP contribution in [0.1, 0.15) is 13.8 Å². The average Bonchev–Trinajstić information content (AvgIpc) is 2.72. The van der Waals surface area contributed by atoms with Crippen LogP contribution in [0.2, 0.25) is 0 Å². The first kappa shape index (κ1) is 13.1. The number of anilines is 3. The molecule has 3 N–H and O–H groups in total. The van der Waals surface area contributed by atoms with Gasteiger partial charge in [-0.1, -0.05) is 0 Å². The van der Waals surface area contributed by atoms with E-state index in [1.807, 2.05) is 6.92 Å². The van der Waals surface area contributed by atoms with Crippen molar-refractivity contribution in [3.8, 4) is 0 Å². The van der Waals surface area contributed by atoms with Gasteiger partial charge in [0.05, 0.1) is 0 Å². The first-order valence-electron chi connectivity index (χ1n) is 5.72. The minimum atomic E-state index is -0.506. The number of nitrogen functional groups attached to an aromatic ring is 1. The third-order valence-electron chi connectivity index (χ3n) is 2.48. The van der Waals surface area contributed by atoms with Crippen LogP contribution < -0.4 is 21.7 Å². The number of nitrogens with two attached hydrogens (primary N) is 1. The number of ether oxygens (including phenoxy) is 1. The van der Waals surface area contributed by atoms with Crippen molar-refractivity contribution in [3.05, 3.63) is 10.4 Å². The van der Waals surface area contributed by atoms with E-state index >= 15 is 0 Å². The van der Waals surface area contributed by atoms with Crippen molar-refractivity contribution < 1.29 is 14.4 Å². The number of fused-ring (bicyclic) bond motifs is 1. The molecular formula is C10H15N5O4. The molecular weight excluding hydrogens is 254 g/mol. The van der Waals surface area contributed by atoms with Gasteiger partial charge in [0.25, 0.3) is 5.56 Å². The predicted molar refractivity (Wildman–Crippen MR) is 67.3 cm³/mol. The summed E-state index contributed by atoms with van der Waals surface area (Å²) in [5.41, 5.74) is 5.57. The number of aromatic nitrogens is 2. The van der Waals surface area contributed by atoms with Gasteiger partial charge in [-0.2, -0.15) is 10.0 Å². The molecule has 0 fully saturated rings. The van der Waals surface area contributed by atoms with Crippen LogP contribution in [0.5, 0.6) is 0 Å². The Labute approximate surface area is 108 Å². The van der Waals surface area contributed by atoms with Gasteiger partial charge < -0.3 is 20.6 Å². The lowest BCUT2D eigenvalue weighted by molar-refractivity contribution is -0.142. The van der Waals surface area contributed by atoms with Crippen LogP contribution in [-0.2, 0) is 21.1 Å². The van der Waals surface area contributed by atoms with Crippen molar-refractivity contribution in [1.29, 1.82) is 0 Å². The summed E-state index contributed by atoms with van der Waals surface area (Å²) in [5.74, 6) is -0.308. The zero-order valence-electron chi connectivity index (χ0n) is 10.7. The fourth-order valence-corrected chi connectivity index (χ4v) is 1.66. The molecule has 0 radical (unpaired) electrons. The lowest BCUT2D eigenvalue weighted by Gasteiger charge is -2.15. The second kappa shape index (κ2) is 5.14. The molecule has 104 valence electrons. The summed E-state index contributed by atoms with van der Waals surface area (Å²) in [6.07, 6.45) is 0. The molecule has 0 aromatic carbocycles. The molecule has 1 aliphatic rings. The minimum absolute atomic E-state index is 0.00180. The predicted octanol–water partition coefficient (Wildman–Crippen LogP) is -0.513. The van der Waals surface area contributed by atoms with Crippen LogP contribution >= 0.6 is 0 Å². The van der Waals surface area contributed by atoms with Crippen LogP contribution in [0.3, 0.4) is 0 Å². The Morgan fingerprint density at radius 1 is 1.58 bits per heavy atom. The Bertz CT molecular complexity index is 556. The molecule has 1 aromatic rings. The molecule has 9 heteroatoms. The fourth-order valence-electron chi connectivity index (χ4n) is 1.66. The van der Waals surface area contributed by atoms with E-state index in [0.717, 1.165) is 0 Å². The average molecular weight is 269 g/mol. The molecule has 0 spiro atoms. The van der Waals surface area contributed by atoms with Gasteiger partial charge in [0.15, 0.2) is 5.82 Å². The van der Waals surface area contributed by atoms with E-state index in [0.29, 0.717) is 6.61 Å². The summed E-state index contributed by atoms with van der Waals surface area (Å²) in [5, 5.41) is 3.99. The first-order valence-corrected chi connectivity index (χ1v) is 5.72.